The van der Waals surface area contributed by atoms with Crippen molar-refractivity contribution in [3.05, 3.63) is 29.6 Å². The molecule has 86 valence electrons. The average Bonchev–Trinajstić information content (AvgIpc) is 2.21. The number of anilines is 1. The zero-order valence-corrected chi connectivity index (χ0v) is 8.50. The Morgan fingerprint density at radius 3 is 2.62 bits per heavy atom. The van der Waals surface area contributed by atoms with E-state index in [9.17, 15) is 14.0 Å². The molecule has 0 aliphatic carbocycles. The Morgan fingerprint density at radius 1 is 1.38 bits per heavy atom. The summed E-state index contributed by atoms with van der Waals surface area (Å²) >= 11 is 0. The van der Waals surface area contributed by atoms with E-state index in [1.807, 2.05) is 0 Å². The van der Waals surface area contributed by atoms with Gasteiger partial charge in [-0.1, -0.05) is 0 Å². The number of nitrogens with one attached hydrogen (secondary N) is 1. The molecule has 6 heteroatoms. The van der Waals surface area contributed by atoms with Gasteiger partial charge in [0.05, 0.1) is 5.69 Å². The maximum atomic E-state index is 13.0. The molecule has 5 nitrogen and oxygen atoms in total. The Kier molecular flexibility index (Phi) is 3.82. The molecule has 5 N–H and O–H groups in total. The average molecular weight is 225 g/mol. The molecule has 1 aromatic carbocycles. The summed E-state index contributed by atoms with van der Waals surface area (Å²) in [6, 6.07) is 3.74. The number of amides is 2. The molecule has 2 amide bonds. The van der Waals surface area contributed by atoms with Crippen LogP contribution in [0.1, 0.15) is 16.8 Å². The van der Waals surface area contributed by atoms with Gasteiger partial charge in [-0.2, -0.15) is 0 Å². The van der Waals surface area contributed by atoms with Gasteiger partial charge in [0.2, 0.25) is 5.91 Å². The summed E-state index contributed by atoms with van der Waals surface area (Å²) in [6.45, 7) is 0.125. The van der Waals surface area contributed by atoms with Gasteiger partial charge in [-0.05, 0) is 18.2 Å². The molecule has 16 heavy (non-hydrogen) atoms. The molecular formula is C10H12FN3O2. The Hall–Kier alpha value is -2.11. The second kappa shape index (κ2) is 5.11. The Morgan fingerprint density at radius 2 is 2.06 bits per heavy atom. The van der Waals surface area contributed by atoms with Gasteiger partial charge in [-0.15, -0.1) is 0 Å². The summed E-state index contributed by atoms with van der Waals surface area (Å²) in [7, 11) is 0. The fourth-order valence-electron chi connectivity index (χ4n) is 1.07. The minimum atomic E-state index is -0.650. The van der Waals surface area contributed by atoms with E-state index in [0.717, 1.165) is 6.07 Å². The van der Waals surface area contributed by atoms with Gasteiger partial charge in [0, 0.05) is 18.5 Å². The van der Waals surface area contributed by atoms with Gasteiger partial charge in [0.1, 0.15) is 5.82 Å². The Bertz CT molecular complexity index is 421. The molecule has 0 fully saturated rings. The van der Waals surface area contributed by atoms with Gasteiger partial charge in [0.15, 0.2) is 0 Å². The molecule has 0 atom stereocenters. The maximum absolute atomic E-state index is 13.0. The zero-order valence-electron chi connectivity index (χ0n) is 8.50. The number of halogens is 1. The summed E-state index contributed by atoms with van der Waals surface area (Å²) in [4.78, 5) is 21.8. The number of hydrogen-bond donors (Lipinski definition) is 3. The van der Waals surface area contributed by atoms with Crippen molar-refractivity contribution in [2.24, 2.45) is 5.73 Å². The lowest BCUT2D eigenvalue weighted by molar-refractivity contribution is -0.117. The van der Waals surface area contributed by atoms with Crippen molar-refractivity contribution in [2.45, 2.75) is 6.42 Å². The first kappa shape index (κ1) is 12.0. The molecule has 0 unspecified atom stereocenters. The second-order valence-corrected chi connectivity index (χ2v) is 3.21. The molecule has 1 aromatic rings. The molecule has 0 spiro atoms. The summed E-state index contributed by atoms with van der Waals surface area (Å²) in [5, 5.41) is 2.43. The molecule has 0 bridgehead atoms. The first-order valence-corrected chi connectivity index (χ1v) is 4.62. The van der Waals surface area contributed by atoms with Crippen molar-refractivity contribution in [1.29, 1.82) is 0 Å². The molecule has 0 aliphatic heterocycles. The van der Waals surface area contributed by atoms with Crippen molar-refractivity contribution in [1.82, 2.24) is 5.32 Å². The molecule has 0 aliphatic rings. The van der Waals surface area contributed by atoms with Crippen LogP contribution in [0.4, 0.5) is 10.1 Å². The van der Waals surface area contributed by atoms with Crippen LogP contribution in [0.15, 0.2) is 18.2 Å². The van der Waals surface area contributed by atoms with Crippen molar-refractivity contribution in [2.75, 3.05) is 12.3 Å². The van der Waals surface area contributed by atoms with Crippen molar-refractivity contribution in [3.63, 3.8) is 0 Å². The van der Waals surface area contributed by atoms with E-state index in [2.05, 4.69) is 5.32 Å². The normalized spacial score (nSPS) is 9.81. The van der Waals surface area contributed by atoms with E-state index in [1.165, 1.54) is 12.1 Å². The van der Waals surface area contributed by atoms with Crippen LogP contribution >= 0.6 is 0 Å². The monoisotopic (exact) mass is 225 g/mol. The van der Waals surface area contributed by atoms with E-state index in [-0.39, 0.29) is 24.2 Å². The number of hydrogen-bond acceptors (Lipinski definition) is 3. The number of primary amides is 1. The number of nitrogen functional groups attached to an aromatic ring is 1. The van der Waals surface area contributed by atoms with Crippen molar-refractivity contribution < 1.29 is 14.0 Å². The molecule has 0 radical (unpaired) electrons. The van der Waals surface area contributed by atoms with Crippen LogP contribution in [0.25, 0.3) is 0 Å². The van der Waals surface area contributed by atoms with Crippen LogP contribution in [-0.4, -0.2) is 18.4 Å². The highest BCUT2D eigenvalue weighted by atomic mass is 19.1. The largest absolute Gasteiger partial charge is 0.396 e. The van der Waals surface area contributed by atoms with E-state index in [4.69, 9.17) is 11.5 Å². The zero-order chi connectivity index (χ0) is 12.1. The Balaban J connectivity index is 2.59. The van der Waals surface area contributed by atoms with Crippen LogP contribution < -0.4 is 16.8 Å². The predicted octanol–water partition coefficient (Wildman–Crippen LogP) is 0.0131. The Labute approximate surface area is 91.6 Å². The molecule has 1 rings (SSSR count). The highest BCUT2D eigenvalue weighted by Crippen LogP contribution is 2.11. The van der Waals surface area contributed by atoms with Crippen LogP contribution in [0.5, 0.6) is 0 Å². The van der Waals surface area contributed by atoms with Crippen LogP contribution in [-0.2, 0) is 4.79 Å². The van der Waals surface area contributed by atoms with E-state index in [0.29, 0.717) is 0 Å². The van der Waals surface area contributed by atoms with Gasteiger partial charge in [-0.3, -0.25) is 9.59 Å². The number of rotatable bonds is 4. The summed E-state index contributed by atoms with van der Waals surface area (Å²) in [6.07, 6.45) is 0.0448. The van der Waals surface area contributed by atoms with Gasteiger partial charge in [0.25, 0.3) is 5.91 Å². The van der Waals surface area contributed by atoms with Crippen LogP contribution in [0.2, 0.25) is 0 Å². The third kappa shape index (κ3) is 3.23. The lowest BCUT2D eigenvalue weighted by atomic mass is 10.2. The smallest absolute Gasteiger partial charge is 0.251 e. The number of carbonyl (C=O) groups is 2. The molecule has 0 heterocycles. The summed E-state index contributed by atoms with van der Waals surface area (Å²) < 4.78 is 13.0. The number of benzene rings is 1. The van der Waals surface area contributed by atoms with E-state index < -0.39 is 17.6 Å². The fourth-order valence-corrected chi connectivity index (χ4v) is 1.07. The SMILES string of the molecule is NC(=O)CCNC(=O)c1ccc(N)c(F)c1. The lowest BCUT2D eigenvalue weighted by Gasteiger charge is -2.04. The molecular weight excluding hydrogens is 213 g/mol. The van der Waals surface area contributed by atoms with E-state index >= 15 is 0 Å². The topological polar surface area (TPSA) is 98.2 Å². The van der Waals surface area contributed by atoms with Gasteiger partial charge < -0.3 is 16.8 Å². The molecule has 0 saturated heterocycles. The minimum Gasteiger partial charge on any atom is -0.396 e. The minimum absolute atomic E-state index is 0.0197. The summed E-state index contributed by atoms with van der Waals surface area (Å²) in [5.41, 5.74) is 10.3. The summed E-state index contributed by atoms with van der Waals surface area (Å²) in [5.74, 6) is -1.63. The first-order chi connectivity index (χ1) is 7.50. The number of carbonyl (C=O) groups excluding carboxylic acids is 2. The number of nitrogens with two attached hydrogens (primary N) is 2. The maximum Gasteiger partial charge on any atom is 0.251 e. The predicted molar refractivity (Wildman–Crippen MR) is 57.0 cm³/mol. The van der Waals surface area contributed by atoms with Crippen molar-refractivity contribution in [3.8, 4) is 0 Å². The third-order valence-corrected chi connectivity index (χ3v) is 1.92. The lowest BCUT2D eigenvalue weighted by Crippen LogP contribution is -2.27. The van der Waals surface area contributed by atoms with E-state index in [1.54, 1.807) is 0 Å². The third-order valence-electron chi connectivity index (χ3n) is 1.92. The van der Waals surface area contributed by atoms with Gasteiger partial charge >= 0.3 is 0 Å². The van der Waals surface area contributed by atoms with Crippen LogP contribution in [0, 0.1) is 5.82 Å². The van der Waals surface area contributed by atoms with Gasteiger partial charge in [-0.25, -0.2) is 4.39 Å². The standard InChI is InChI=1S/C10H12FN3O2/c11-7-5-6(1-2-8(7)12)10(16)14-4-3-9(13)15/h1-2,5H,3-4,12H2,(H2,13,15)(H,14,16). The molecule has 0 aromatic heterocycles. The fraction of sp³-hybridized carbons (Fsp3) is 0.200. The second-order valence-electron chi connectivity index (χ2n) is 3.21. The quantitative estimate of drug-likeness (QED) is 0.629. The van der Waals surface area contributed by atoms with Crippen molar-refractivity contribution >= 4 is 17.5 Å². The first-order valence-electron chi connectivity index (χ1n) is 4.62. The highest BCUT2D eigenvalue weighted by Gasteiger charge is 2.08. The van der Waals surface area contributed by atoms with Crippen LogP contribution in [0.3, 0.4) is 0 Å². The molecule has 0 saturated carbocycles. The highest BCUT2D eigenvalue weighted by molar-refractivity contribution is 5.94.